The standard InChI is InChI=1S/C20H20N6O2/c1-2-3-4-5-18(19(27)14-6-10-16(11-7-14)23-25-21)20(28)15-8-12-17(13-9-15)24-26-22/h6-13,18H,2-5H2,1H3. The molecule has 0 unspecified atom stereocenters. The fourth-order valence-corrected chi connectivity index (χ4v) is 2.87. The van der Waals surface area contributed by atoms with E-state index in [1.807, 2.05) is 0 Å². The van der Waals surface area contributed by atoms with Gasteiger partial charge in [-0.05, 0) is 17.5 Å². The predicted molar refractivity (Wildman–Crippen MR) is 107 cm³/mol. The lowest BCUT2D eigenvalue weighted by Crippen LogP contribution is -2.24. The Kier molecular flexibility index (Phi) is 7.78. The highest BCUT2D eigenvalue weighted by atomic mass is 16.2. The van der Waals surface area contributed by atoms with Crippen LogP contribution < -0.4 is 0 Å². The third-order valence-corrected chi connectivity index (χ3v) is 4.35. The van der Waals surface area contributed by atoms with E-state index in [1.54, 1.807) is 48.5 Å². The fraction of sp³-hybridized carbons (Fsp3) is 0.300. The number of nitrogens with zero attached hydrogens (tertiary/aromatic N) is 6. The largest absolute Gasteiger partial charge is 0.293 e. The molecule has 0 aliphatic rings. The molecule has 0 bridgehead atoms. The van der Waals surface area contributed by atoms with Crippen molar-refractivity contribution in [3.05, 3.63) is 80.5 Å². The quantitative estimate of drug-likeness (QED) is 0.112. The Morgan fingerprint density at radius 3 is 1.61 bits per heavy atom. The van der Waals surface area contributed by atoms with Gasteiger partial charge in [-0.3, -0.25) is 9.59 Å². The minimum absolute atomic E-state index is 0.257. The average molecular weight is 376 g/mol. The molecule has 8 nitrogen and oxygen atoms in total. The first-order chi connectivity index (χ1) is 13.6. The second-order valence-corrected chi connectivity index (χ2v) is 6.25. The van der Waals surface area contributed by atoms with Crippen LogP contribution in [0.3, 0.4) is 0 Å². The maximum Gasteiger partial charge on any atom is 0.173 e. The van der Waals surface area contributed by atoms with Gasteiger partial charge in [0.15, 0.2) is 11.6 Å². The van der Waals surface area contributed by atoms with Gasteiger partial charge in [-0.25, -0.2) is 0 Å². The first-order valence-corrected chi connectivity index (χ1v) is 8.99. The van der Waals surface area contributed by atoms with Gasteiger partial charge in [-0.2, -0.15) is 0 Å². The van der Waals surface area contributed by atoms with Gasteiger partial charge in [0.05, 0.1) is 5.92 Å². The van der Waals surface area contributed by atoms with Crippen LogP contribution >= 0.6 is 0 Å². The molecular formula is C20H20N6O2. The Morgan fingerprint density at radius 1 is 0.821 bits per heavy atom. The molecule has 0 radical (unpaired) electrons. The van der Waals surface area contributed by atoms with Crippen molar-refractivity contribution in [3.8, 4) is 0 Å². The molecule has 2 rings (SSSR count). The van der Waals surface area contributed by atoms with Crippen LogP contribution in [-0.2, 0) is 0 Å². The van der Waals surface area contributed by atoms with Crippen LogP contribution in [0.5, 0.6) is 0 Å². The highest BCUT2D eigenvalue weighted by Crippen LogP contribution is 2.24. The summed E-state index contributed by atoms with van der Waals surface area (Å²) in [6, 6.07) is 12.5. The summed E-state index contributed by atoms with van der Waals surface area (Å²) < 4.78 is 0. The number of rotatable bonds is 10. The van der Waals surface area contributed by atoms with E-state index in [4.69, 9.17) is 11.1 Å². The number of benzene rings is 2. The fourth-order valence-electron chi connectivity index (χ4n) is 2.87. The van der Waals surface area contributed by atoms with Gasteiger partial charge in [-0.1, -0.05) is 84.9 Å². The number of ketones is 2. The van der Waals surface area contributed by atoms with Crippen LogP contribution in [0.4, 0.5) is 11.4 Å². The zero-order chi connectivity index (χ0) is 20.4. The van der Waals surface area contributed by atoms with Gasteiger partial charge in [0.25, 0.3) is 0 Å². The van der Waals surface area contributed by atoms with Gasteiger partial charge >= 0.3 is 0 Å². The van der Waals surface area contributed by atoms with Crippen molar-refractivity contribution in [2.75, 3.05) is 0 Å². The number of hydrogen-bond acceptors (Lipinski definition) is 4. The Bertz CT molecular complexity index is 851. The van der Waals surface area contributed by atoms with Crippen LogP contribution in [0.15, 0.2) is 58.8 Å². The summed E-state index contributed by atoms with van der Waals surface area (Å²) in [5.41, 5.74) is 18.6. The van der Waals surface area contributed by atoms with E-state index in [0.717, 1.165) is 19.3 Å². The lowest BCUT2D eigenvalue weighted by Gasteiger charge is -2.15. The average Bonchev–Trinajstić information content (AvgIpc) is 2.72. The summed E-state index contributed by atoms with van der Waals surface area (Å²) in [5, 5.41) is 6.97. The monoisotopic (exact) mass is 376 g/mol. The van der Waals surface area contributed by atoms with Crippen LogP contribution in [0.25, 0.3) is 20.9 Å². The highest BCUT2D eigenvalue weighted by Gasteiger charge is 2.28. The number of hydrogen-bond donors (Lipinski definition) is 0. The predicted octanol–water partition coefficient (Wildman–Crippen LogP) is 6.83. The third kappa shape index (κ3) is 5.45. The molecule has 0 heterocycles. The van der Waals surface area contributed by atoms with Gasteiger partial charge in [0.1, 0.15) is 0 Å². The zero-order valence-corrected chi connectivity index (χ0v) is 15.5. The van der Waals surface area contributed by atoms with Gasteiger partial charge in [0, 0.05) is 32.3 Å². The molecule has 0 spiro atoms. The number of azide groups is 2. The Labute approximate surface area is 162 Å². The molecule has 0 saturated heterocycles. The van der Waals surface area contributed by atoms with Crippen molar-refractivity contribution < 1.29 is 9.59 Å². The number of carbonyl (C=O) groups excluding carboxylic acids is 2. The van der Waals surface area contributed by atoms with Gasteiger partial charge in [0.2, 0.25) is 0 Å². The van der Waals surface area contributed by atoms with E-state index in [2.05, 4.69) is 27.0 Å². The first-order valence-electron chi connectivity index (χ1n) is 8.99. The lowest BCUT2D eigenvalue weighted by atomic mass is 9.86. The molecule has 0 aromatic heterocycles. The van der Waals surface area contributed by atoms with Crippen LogP contribution in [0.2, 0.25) is 0 Å². The zero-order valence-electron chi connectivity index (χ0n) is 15.5. The second kappa shape index (κ2) is 10.5. The van der Waals surface area contributed by atoms with E-state index in [-0.39, 0.29) is 11.6 Å². The Hall–Kier alpha value is -3.60. The normalized spacial score (nSPS) is 11.0. The summed E-state index contributed by atoms with van der Waals surface area (Å²) >= 11 is 0. The van der Waals surface area contributed by atoms with Crippen molar-refractivity contribution in [1.29, 1.82) is 0 Å². The lowest BCUT2D eigenvalue weighted by molar-refractivity contribution is 0.0797. The minimum Gasteiger partial charge on any atom is -0.293 e. The molecule has 2 aromatic rings. The van der Waals surface area contributed by atoms with Crippen molar-refractivity contribution in [3.63, 3.8) is 0 Å². The molecule has 28 heavy (non-hydrogen) atoms. The SMILES string of the molecule is CCCCCC(C(=O)c1ccc(N=[N+]=[N-])cc1)C(=O)c1ccc(N=[N+]=[N-])cc1. The number of unbranched alkanes of at least 4 members (excludes halogenated alkanes) is 2. The summed E-state index contributed by atoms with van der Waals surface area (Å²) in [4.78, 5) is 31.4. The first kappa shape index (κ1) is 20.7. The van der Waals surface area contributed by atoms with Gasteiger partial charge < -0.3 is 0 Å². The molecule has 0 N–H and O–H groups in total. The maximum absolute atomic E-state index is 13.0. The van der Waals surface area contributed by atoms with E-state index < -0.39 is 5.92 Å². The molecule has 0 aliphatic carbocycles. The molecule has 0 saturated carbocycles. The van der Waals surface area contributed by atoms with Crippen molar-refractivity contribution in [2.45, 2.75) is 32.6 Å². The Morgan fingerprint density at radius 2 is 1.25 bits per heavy atom. The molecule has 2 aromatic carbocycles. The van der Waals surface area contributed by atoms with Crippen LogP contribution in [0, 0.1) is 5.92 Å². The van der Waals surface area contributed by atoms with E-state index in [1.165, 1.54) is 0 Å². The minimum atomic E-state index is -0.790. The number of carbonyl (C=O) groups is 2. The van der Waals surface area contributed by atoms with E-state index >= 15 is 0 Å². The van der Waals surface area contributed by atoms with Crippen LogP contribution in [-0.4, -0.2) is 11.6 Å². The summed E-state index contributed by atoms with van der Waals surface area (Å²) in [7, 11) is 0. The number of Topliss-reactive ketones (excluding diaryl/α,β-unsaturated/α-hetero) is 2. The molecule has 0 aliphatic heterocycles. The van der Waals surface area contributed by atoms with Crippen molar-refractivity contribution in [1.82, 2.24) is 0 Å². The van der Waals surface area contributed by atoms with E-state index in [9.17, 15) is 9.59 Å². The third-order valence-electron chi connectivity index (χ3n) is 4.35. The molecule has 0 fully saturated rings. The maximum atomic E-state index is 13.0. The Balaban J connectivity index is 2.28. The van der Waals surface area contributed by atoms with Crippen molar-refractivity contribution >= 4 is 22.9 Å². The molecule has 142 valence electrons. The molecule has 0 atom stereocenters. The smallest absolute Gasteiger partial charge is 0.173 e. The van der Waals surface area contributed by atoms with Crippen molar-refractivity contribution in [2.24, 2.45) is 16.1 Å². The highest BCUT2D eigenvalue weighted by molar-refractivity contribution is 6.16. The van der Waals surface area contributed by atoms with E-state index in [0.29, 0.717) is 28.9 Å². The van der Waals surface area contributed by atoms with Gasteiger partial charge in [-0.15, -0.1) is 0 Å². The topological polar surface area (TPSA) is 132 Å². The summed E-state index contributed by atoms with van der Waals surface area (Å²) in [6.07, 6.45) is 3.15. The molecule has 0 amide bonds. The molecular weight excluding hydrogens is 356 g/mol. The molecule has 8 heteroatoms. The van der Waals surface area contributed by atoms with Crippen LogP contribution in [0.1, 0.15) is 53.3 Å². The summed E-state index contributed by atoms with van der Waals surface area (Å²) in [5.74, 6) is -1.30. The summed E-state index contributed by atoms with van der Waals surface area (Å²) in [6.45, 7) is 2.06. The second-order valence-electron chi connectivity index (χ2n) is 6.25.